The molecule has 0 aliphatic carbocycles. The number of hydrogen-bond donors (Lipinski definition) is 2. The Morgan fingerprint density at radius 2 is 2.12 bits per heavy atom. The summed E-state index contributed by atoms with van der Waals surface area (Å²) in [5.41, 5.74) is 5.58. The Morgan fingerprint density at radius 3 is 2.88 bits per heavy atom. The van der Waals surface area contributed by atoms with Crippen LogP contribution < -0.4 is 5.73 Å². The second-order valence-corrected chi connectivity index (χ2v) is 4.89. The fraction of sp³-hybridized carbons (Fsp3) is 0.909. The zero-order chi connectivity index (χ0) is 11.5. The van der Waals surface area contributed by atoms with Gasteiger partial charge in [-0.1, -0.05) is 0 Å². The fourth-order valence-electron chi connectivity index (χ4n) is 2.81. The minimum absolute atomic E-state index is 0.486. The number of rotatable bonds is 3. The number of carboxylic acids is 1. The van der Waals surface area contributed by atoms with Crippen LogP contribution in [0.4, 0.5) is 0 Å². The third kappa shape index (κ3) is 2.72. The van der Waals surface area contributed by atoms with Gasteiger partial charge in [0.1, 0.15) is 6.04 Å². The summed E-state index contributed by atoms with van der Waals surface area (Å²) in [7, 11) is 0. The Labute approximate surface area is 96.2 Å². The van der Waals surface area contributed by atoms with Crippen LogP contribution in [0.25, 0.3) is 0 Å². The number of nitrogens with zero attached hydrogens (tertiary/aromatic N) is 2. The van der Waals surface area contributed by atoms with Crippen LogP contribution in [0.15, 0.2) is 0 Å². The molecule has 0 saturated carbocycles. The molecule has 2 aliphatic heterocycles. The Hall–Kier alpha value is -0.650. The summed E-state index contributed by atoms with van der Waals surface area (Å²) in [5, 5.41) is 8.81. The van der Waals surface area contributed by atoms with Gasteiger partial charge in [0, 0.05) is 19.1 Å². The minimum atomic E-state index is -0.896. The molecule has 3 N–H and O–H groups in total. The van der Waals surface area contributed by atoms with Gasteiger partial charge in [0.2, 0.25) is 0 Å². The highest BCUT2D eigenvalue weighted by Crippen LogP contribution is 2.21. The zero-order valence-electron chi connectivity index (χ0n) is 9.64. The molecular weight excluding hydrogens is 206 g/mol. The molecule has 0 spiro atoms. The average Bonchev–Trinajstić information content (AvgIpc) is 2.57. The molecule has 2 saturated heterocycles. The number of carboxylic acid groups (broad SMARTS) is 1. The number of fused-ring (bicyclic) bond motifs is 1. The van der Waals surface area contributed by atoms with E-state index in [9.17, 15) is 4.79 Å². The first-order valence-electron chi connectivity index (χ1n) is 6.11. The number of nitrogens with two attached hydrogens (primary N) is 1. The van der Waals surface area contributed by atoms with Gasteiger partial charge in [0.25, 0.3) is 0 Å². The summed E-state index contributed by atoms with van der Waals surface area (Å²) in [6.07, 6.45) is 3.66. The van der Waals surface area contributed by atoms with E-state index in [-0.39, 0.29) is 0 Å². The van der Waals surface area contributed by atoms with Gasteiger partial charge < -0.3 is 10.8 Å². The third-order valence-electron chi connectivity index (χ3n) is 3.66. The third-order valence-corrected chi connectivity index (χ3v) is 3.66. The van der Waals surface area contributed by atoms with Crippen molar-refractivity contribution >= 4 is 5.97 Å². The Kier molecular flexibility index (Phi) is 3.78. The second-order valence-electron chi connectivity index (χ2n) is 4.89. The second kappa shape index (κ2) is 5.12. The zero-order valence-corrected chi connectivity index (χ0v) is 9.64. The molecule has 0 aromatic carbocycles. The van der Waals surface area contributed by atoms with Gasteiger partial charge in [0.15, 0.2) is 0 Å². The van der Waals surface area contributed by atoms with Crippen molar-refractivity contribution in [3.8, 4) is 0 Å². The van der Waals surface area contributed by atoms with E-state index in [0.29, 0.717) is 12.6 Å². The smallest absolute Gasteiger partial charge is 0.321 e. The first kappa shape index (κ1) is 11.8. The summed E-state index contributed by atoms with van der Waals surface area (Å²) < 4.78 is 0. The van der Waals surface area contributed by atoms with Crippen molar-refractivity contribution in [3.05, 3.63) is 0 Å². The van der Waals surface area contributed by atoms with E-state index in [1.807, 2.05) is 0 Å². The standard InChI is InChI=1S/C11H21N3O2/c12-10(11(15)16)8-13-4-2-6-14-5-1-3-9(14)7-13/h9-10H,1-8,12H2,(H,15,16). The topological polar surface area (TPSA) is 69.8 Å². The fourth-order valence-corrected chi connectivity index (χ4v) is 2.81. The molecule has 2 fully saturated rings. The number of hydrogen-bond acceptors (Lipinski definition) is 4. The summed E-state index contributed by atoms with van der Waals surface area (Å²) in [5.74, 6) is -0.896. The van der Waals surface area contributed by atoms with Crippen LogP contribution in [0.3, 0.4) is 0 Å². The predicted molar refractivity (Wildman–Crippen MR) is 61.3 cm³/mol. The monoisotopic (exact) mass is 227 g/mol. The van der Waals surface area contributed by atoms with Crippen molar-refractivity contribution < 1.29 is 9.90 Å². The van der Waals surface area contributed by atoms with Crippen molar-refractivity contribution in [2.45, 2.75) is 31.3 Å². The molecular formula is C11H21N3O2. The van der Waals surface area contributed by atoms with Crippen molar-refractivity contribution in [2.24, 2.45) is 5.73 Å². The Bertz CT molecular complexity index is 260. The van der Waals surface area contributed by atoms with Crippen LogP contribution in [0, 0.1) is 0 Å². The van der Waals surface area contributed by atoms with E-state index < -0.39 is 12.0 Å². The average molecular weight is 227 g/mol. The van der Waals surface area contributed by atoms with Crippen LogP contribution in [-0.4, -0.2) is 65.7 Å². The summed E-state index contributed by atoms with van der Waals surface area (Å²) in [6.45, 7) is 4.82. The van der Waals surface area contributed by atoms with Crippen LogP contribution >= 0.6 is 0 Å². The lowest BCUT2D eigenvalue weighted by Gasteiger charge is -2.26. The largest absolute Gasteiger partial charge is 0.480 e. The maximum Gasteiger partial charge on any atom is 0.321 e. The minimum Gasteiger partial charge on any atom is -0.480 e. The summed E-state index contributed by atoms with van der Waals surface area (Å²) in [6, 6.07) is -0.114. The Balaban J connectivity index is 1.88. The molecule has 0 bridgehead atoms. The molecule has 2 rings (SSSR count). The lowest BCUT2D eigenvalue weighted by molar-refractivity contribution is -0.139. The van der Waals surface area contributed by atoms with Crippen molar-refractivity contribution in [3.63, 3.8) is 0 Å². The van der Waals surface area contributed by atoms with Crippen LogP contribution in [0.2, 0.25) is 0 Å². The van der Waals surface area contributed by atoms with Crippen LogP contribution in [0.5, 0.6) is 0 Å². The van der Waals surface area contributed by atoms with E-state index >= 15 is 0 Å². The van der Waals surface area contributed by atoms with Gasteiger partial charge in [0.05, 0.1) is 0 Å². The SMILES string of the molecule is NC(CN1CCCN2CCCC2C1)C(=O)O. The molecule has 0 aromatic heterocycles. The molecule has 2 heterocycles. The molecule has 92 valence electrons. The van der Waals surface area contributed by atoms with E-state index in [1.165, 1.54) is 19.4 Å². The van der Waals surface area contributed by atoms with Crippen LogP contribution in [-0.2, 0) is 4.79 Å². The van der Waals surface area contributed by atoms with Gasteiger partial charge in [-0.3, -0.25) is 14.6 Å². The molecule has 0 radical (unpaired) electrons. The van der Waals surface area contributed by atoms with E-state index in [4.69, 9.17) is 10.8 Å². The first-order chi connectivity index (χ1) is 7.66. The molecule has 2 unspecified atom stereocenters. The lowest BCUT2D eigenvalue weighted by Crippen LogP contribution is -2.45. The molecule has 5 nitrogen and oxygen atoms in total. The van der Waals surface area contributed by atoms with Gasteiger partial charge in [-0.15, -0.1) is 0 Å². The van der Waals surface area contributed by atoms with Crippen molar-refractivity contribution in [1.82, 2.24) is 9.80 Å². The predicted octanol–water partition coefficient (Wildman–Crippen LogP) is -0.432. The van der Waals surface area contributed by atoms with Gasteiger partial charge in [-0.2, -0.15) is 0 Å². The quantitative estimate of drug-likeness (QED) is 0.684. The van der Waals surface area contributed by atoms with E-state index in [1.54, 1.807) is 0 Å². The molecule has 2 aliphatic rings. The van der Waals surface area contributed by atoms with E-state index in [0.717, 1.165) is 26.1 Å². The highest BCUT2D eigenvalue weighted by atomic mass is 16.4. The van der Waals surface area contributed by atoms with Gasteiger partial charge in [-0.25, -0.2) is 0 Å². The summed E-state index contributed by atoms with van der Waals surface area (Å²) in [4.78, 5) is 15.5. The molecule has 0 aromatic rings. The molecule has 2 atom stereocenters. The van der Waals surface area contributed by atoms with Crippen molar-refractivity contribution in [2.75, 3.05) is 32.7 Å². The van der Waals surface area contributed by atoms with E-state index in [2.05, 4.69) is 9.80 Å². The molecule has 0 amide bonds. The molecule has 16 heavy (non-hydrogen) atoms. The molecule has 5 heteroatoms. The Morgan fingerprint density at radius 1 is 1.38 bits per heavy atom. The van der Waals surface area contributed by atoms with Gasteiger partial charge in [-0.05, 0) is 38.9 Å². The highest BCUT2D eigenvalue weighted by molar-refractivity contribution is 5.73. The van der Waals surface area contributed by atoms with Gasteiger partial charge >= 0.3 is 5.97 Å². The maximum atomic E-state index is 10.7. The summed E-state index contributed by atoms with van der Waals surface area (Å²) >= 11 is 0. The highest BCUT2D eigenvalue weighted by Gasteiger charge is 2.29. The maximum absolute atomic E-state index is 10.7. The lowest BCUT2D eigenvalue weighted by atomic mass is 10.2. The number of carbonyl (C=O) groups is 1. The first-order valence-corrected chi connectivity index (χ1v) is 6.11. The van der Waals surface area contributed by atoms with Crippen molar-refractivity contribution in [1.29, 1.82) is 0 Å². The van der Waals surface area contributed by atoms with Crippen LogP contribution in [0.1, 0.15) is 19.3 Å². The number of aliphatic carboxylic acids is 1. The normalized spacial score (nSPS) is 29.7.